The van der Waals surface area contributed by atoms with Crippen LogP contribution in [0.5, 0.6) is 0 Å². The Labute approximate surface area is 80.6 Å². The number of anilines is 1. The van der Waals surface area contributed by atoms with E-state index in [-0.39, 0.29) is 12.1 Å². The van der Waals surface area contributed by atoms with E-state index in [9.17, 15) is 4.79 Å². The van der Waals surface area contributed by atoms with Gasteiger partial charge in [-0.3, -0.25) is 0 Å². The van der Waals surface area contributed by atoms with Gasteiger partial charge in [0.1, 0.15) is 12.0 Å². The van der Waals surface area contributed by atoms with Gasteiger partial charge in [-0.1, -0.05) is 5.16 Å². The van der Waals surface area contributed by atoms with Crippen LogP contribution in [0.15, 0.2) is 17.0 Å². The average Bonchev–Trinajstić information content (AvgIpc) is 2.76. The number of hydrogen-bond acceptors (Lipinski definition) is 4. The first-order valence-electron chi connectivity index (χ1n) is 4.39. The fraction of sp³-hybridized carbons (Fsp3) is 0.500. The molecule has 0 bridgehead atoms. The van der Waals surface area contributed by atoms with Gasteiger partial charge in [0.05, 0.1) is 18.8 Å². The highest BCUT2D eigenvalue weighted by atomic mass is 16.5. The van der Waals surface area contributed by atoms with Gasteiger partial charge >= 0.3 is 6.03 Å². The number of urea groups is 1. The summed E-state index contributed by atoms with van der Waals surface area (Å²) in [6.07, 6.45) is 3.66. The number of hydrogen-bond donors (Lipinski definition) is 2. The molecule has 2 rings (SSSR count). The predicted octanol–water partition coefficient (Wildman–Crippen LogP) is 0.585. The maximum Gasteiger partial charge on any atom is 0.319 e. The zero-order chi connectivity index (χ0) is 9.80. The van der Waals surface area contributed by atoms with Gasteiger partial charge in [-0.25, -0.2) is 4.79 Å². The molecule has 0 saturated carbocycles. The number of ether oxygens (including phenoxy) is 1. The van der Waals surface area contributed by atoms with E-state index in [1.807, 2.05) is 0 Å². The van der Waals surface area contributed by atoms with Gasteiger partial charge in [0, 0.05) is 6.61 Å². The summed E-state index contributed by atoms with van der Waals surface area (Å²) in [6, 6.07) is -0.154. The highest BCUT2D eigenvalue weighted by Crippen LogP contribution is 2.05. The zero-order valence-corrected chi connectivity index (χ0v) is 7.53. The van der Waals surface area contributed by atoms with Crippen molar-refractivity contribution in [2.75, 3.05) is 18.5 Å². The minimum atomic E-state index is -0.260. The van der Waals surface area contributed by atoms with Crippen LogP contribution in [-0.4, -0.2) is 30.4 Å². The van der Waals surface area contributed by atoms with E-state index in [4.69, 9.17) is 4.74 Å². The van der Waals surface area contributed by atoms with Crippen LogP contribution in [0.1, 0.15) is 6.42 Å². The van der Waals surface area contributed by atoms with Crippen molar-refractivity contribution in [1.29, 1.82) is 0 Å². The summed E-state index contributed by atoms with van der Waals surface area (Å²) in [5, 5.41) is 8.82. The molecule has 1 aliphatic heterocycles. The van der Waals surface area contributed by atoms with E-state index in [1.54, 1.807) is 0 Å². The third-order valence-corrected chi connectivity index (χ3v) is 1.96. The van der Waals surface area contributed by atoms with Crippen LogP contribution in [0.3, 0.4) is 0 Å². The topological polar surface area (TPSA) is 76.4 Å². The SMILES string of the molecule is O=C(Nc1cnoc1)NC1CCOC1. The lowest BCUT2D eigenvalue weighted by Crippen LogP contribution is -2.38. The molecule has 0 spiro atoms. The number of nitrogens with zero attached hydrogens (tertiary/aromatic N) is 1. The molecule has 6 heteroatoms. The van der Waals surface area contributed by atoms with Crippen molar-refractivity contribution in [1.82, 2.24) is 10.5 Å². The number of aromatic nitrogens is 1. The predicted molar refractivity (Wildman–Crippen MR) is 47.9 cm³/mol. The van der Waals surface area contributed by atoms with Crippen molar-refractivity contribution in [3.05, 3.63) is 12.5 Å². The van der Waals surface area contributed by atoms with Gasteiger partial charge in [-0.15, -0.1) is 0 Å². The Kier molecular flexibility index (Phi) is 2.64. The first-order valence-corrected chi connectivity index (χ1v) is 4.39. The molecular formula is C8H11N3O3. The Balaban J connectivity index is 1.78. The van der Waals surface area contributed by atoms with Gasteiger partial charge in [0.2, 0.25) is 0 Å². The first-order chi connectivity index (χ1) is 6.84. The van der Waals surface area contributed by atoms with E-state index >= 15 is 0 Å². The van der Waals surface area contributed by atoms with Gasteiger partial charge in [-0.05, 0) is 6.42 Å². The summed E-state index contributed by atoms with van der Waals surface area (Å²) in [5.74, 6) is 0. The summed E-state index contributed by atoms with van der Waals surface area (Å²) >= 11 is 0. The number of amides is 2. The van der Waals surface area contributed by atoms with Crippen molar-refractivity contribution in [2.24, 2.45) is 0 Å². The molecule has 2 heterocycles. The monoisotopic (exact) mass is 197 g/mol. The molecule has 2 N–H and O–H groups in total. The van der Waals surface area contributed by atoms with Crippen LogP contribution in [0.25, 0.3) is 0 Å². The molecule has 1 fully saturated rings. The van der Waals surface area contributed by atoms with Crippen LogP contribution in [0, 0.1) is 0 Å². The third-order valence-electron chi connectivity index (χ3n) is 1.96. The van der Waals surface area contributed by atoms with Gasteiger partial charge in [0.15, 0.2) is 0 Å². The second kappa shape index (κ2) is 4.10. The molecule has 6 nitrogen and oxygen atoms in total. The van der Waals surface area contributed by atoms with Crippen molar-refractivity contribution in [2.45, 2.75) is 12.5 Å². The van der Waals surface area contributed by atoms with Crippen molar-refractivity contribution >= 4 is 11.7 Å². The first kappa shape index (κ1) is 9.01. The fourth-order valence-electron chi connectivity index (χ4n) is 1.27. The second-order valence-electron chi connectivity index (χ2n) is 3.07. The maximum atomic E-state index is 11.3. The zero-order valence-electron chi connectivity index (χ0n) is 7.53. The van der Waals surface area contributed by atoms with E-state index in [1.165, 1.54) is 12.5 Å². The Morgan fingerprint density at radius 1 is 1.64 bits per heavy atom. The van der Waals surface area contributed by atoms with Crippen LogP contribution in [-0.2, 0) is 4.74 Å². The Bertz CT molecular complexity index is 293. The molecule has 1 aliphatic rings. The smallest absolute Gasteiger partial charge is 0.319 e. The maximum absolute atomic E-state index is 11.3. The van der Waals surface area contributed by atoms with Crippen molar-refractivity contribution in [3.8, 4) is 0 Å². The number of rotatable bonds is 2. The molecule has 1 atom stereocenters. The second-order valence-corrected chi connectivity index (χ2v) is 3.07. The molecule has 0 aliphatic carbocycles. The van der Waals surface area contributed by atoms with Crippen LogP contribution >= 0.6 is 0 Å². The van der Waals surface area contributed by atoms with E-state index in [0.717, 1.165) is 6.42 Å². The number of carbonyl (C=O) groups is 1. The molecule has 1 saturated heterocycles. The molecule has 2 amide bonds. The Hall–Kier alpha value is -1.56. The minimum Gasteiger partial charge on any atom is -0.379 e. The summed E-state index contributed by atoms with van der Waals surface area (Å²) in [4.78, 5) is 11.3. The Morgan fingerprint density at radius 3 is 3.21 bits per heavy atom. The van der Waals surface area contributed by atoms with Crippen molar-refractivity contribution < 1.29 is 14.1 Å². The van der Waals surface area contributed by atoms with E-state index < -0.39 is 0 Å². The highest BCUT2D eigenvalue weighted by Gasteiger charge is 2.17. The molecule has 1 aromatic rings. The lowest BCUT2D eigenvalue weighted by atomic mass is 10.3. The molecule has 0 radical (unpaired) electrons. The molecular weight excluding hydrogens is 186 g/mol. The lowest BCUT2D eigenvalue weighted by Gasteiger charge is -2.10. The van der Waals surface area contributed by atoms with Crippen LogP contribution < -0.4 is 10.6 Å². The normalized spacial score (nSPS) is 20.7. The number of carbonyl (C=O) groups excluding carboxylic acids is 1. The average molecular weight is 197 g/mol. The molecule has 1 unspecified atom stereocenters. The Morgan fingerprint density at radius 2 is 2.57 bits per heavy atom. The summed E-state index contributed by atoms with van der Waals surface area (Å²) in [7, 11) is 0. The third kappa shape index (κ3) is 2.23. The quantitative estimate of drug-likeness (QED) is 0.727. The van der Waals surface area contributed by atoms with Gasteiger partial charge < -0.3 is 19.9 Å². The highest BCUT2D eigenvalue weighted by molar-refractivity contribution is 5.88. The standard InChI is InChI=1S/C8H11N3O3/c12-8(10-6-1-2-13-4-6)11-7-3-9-14-5-7/h3,5-6H,1-2,4H2,(H2,10,11,12). The summed E-state index contributed by atoms with van der Waals surface area (Å²) < 4.78 is 9.69. The summed E-state index contributed by atoms with van der Waals surface area (Å²) in [5.41, 5.74) is 0.543. The van der Waals surface area contributed by atoms with E-state index in [2.05, 4.69) is 20.3 Å². The molecule has 0 aromatic carbocycles. The van der Waals surface area contributed by atoms with Crippen molar-refractivity contribution in [3.63, 3.8) is 0 Å². The summed E-state index contributed by atoms with van der Waals surface area (Å²) in [6.45, 7) is 1.29. The van der Waals surface area contributed by atoms with E-state index in [0.29, 0.717) is 18.9 Å². The molecule has 14 heavy (non-hydrogen) atoms. The lowest BCUT2D eigenvalue weighted by molar-refractivity contribution is 0.189. The van der Waals surface area contributed by atoms with Gasteiger partial charge in [-0.2, -0.15) is 0 Å². The molecule has 76 valence electrons. The molecule has 1 aromatic heterocycles. The van der Waals surface area contributed by atoms with Crippen LogP contribution in [0.4, 0.5) is 10.5 Å². The fourth-order valence-corrected chi connectivity index (χ4v) is 1.27. The van der Waals surface area contributed by atoms with Crippen LogP contribution in [0.2, 0.25) is 0 Å². The number of nitrogens with one attached hydrogen (secondary N) is 2. The minimum absolute atomic E-state index is 0.106. The van der Waals surface area contributed by atoms with Gasteiger partial charge in [0.25, 0.3) is 0 Å². The largest absolute Gasteiger partial charge is 0.379 e.